The number of ether oxygens (including phenoxy) is 4. The van der Waals surface area contributed by atoms with Crippen LogP contribution in [0.15, 0.2) is 122 Å². The zero-order valence-electron chi connectivity index (χ0n) is 44.2. The van der Waals surface area contributed by atoms with E-state index in [9.17, 15) is 19.5 Å². The van der Waals surface area contributed by atoms with Gasteiger partial charge in [-0.05, 0) is 89.9 Å². The Morgan fingerprint density at radius 2 is 0.812 bits per heavy atom. The molecule has 2 atom stereocenters. The smallest absolute Gasteiger partial charge is 0.361 e. The number of aliphatic carboxylic acids is 1. The van der Waals surface area contributed by atoms with Gasteiger partial charge in [0.2, 0.25) is 0 Å². The molecule has 0 aliphatic heterocycles. The molecule has 0 aliphatic rings. The Balaban J connectivity index is 4.40. The van der Waals surface area contributed by atoms with Crippen LogP contribution in [-0.4, -0.2) is 87.4 Å². The molecule has 0 aromatic rings. The first kappa shape index (κ1) is 64.7. The highest BCUT2D eigenvalue weighted by molar-refractivity contribution is 5.71. The Kier molecular flexibility index (Phi) is 47.0. The first-order valence-corrected chi connectivity index (χ1v) is 26.7. The zero-order valence-corrected chi connectivity index (χ0v) is 44.2. The molecular weight excluding hydrogens is 863 g/mol. The number of carbonyl (C=O) groups is 3. The number of quaternary nitrogens is 1. The van der Waals surface area contributed by atoms with Crippen molar-refractivity contribution in [2.45, 2.75) is 193 Å². The average Bonchev–Trinajstić information content (AvgIpc) is 3.31. The Bertz CT molecular complexity index is 1540. The van der Waals surface area contributed by atoms with Gasteiger partial charge in [-0.1, -0.05) is 200 Å². The topological polar surface area (TPSA) is 108 Å². The fourth-order valence-corrected chi connectivity index (χ4v) is 6.68. The Labute approximate surface area is 421 Å². The fraction of sp³-hybridized carbons (Fsp3) is 0.617. The SMILES string of the molecule is CC/C=C\C/C=C\C/C=C\C/C=C\C/C=C\C/C=C\CCC(=O)OC(COC(=O)CCCCCCCCCCCCCC/C=C\C/C=C\C/C=C\C/C=C\CC)COC(OCC[N+](C)(C)C)C(=O)O. The first-order chi connectivity index (χ1) is 33.6. The molecule has 9 nitrogen and oxygen atoms in total. The molecule has 0 heterocycles. The van der Waals surface area contributed by atoms with Crippen molar-refractivity contribution in [3.05, 3.63) is 122 Å². The predicted octanol–water partition coefficient (Wildman–Crippen LogP) is 15.3. The minimum absolute atomic E-state index is 0.128. The Morgan fingerprint density at radius 1 is 0.435 bits per heavy atom. The number of nitrogens with zero attached hydrogens (tertiary/aromatic N) is 1. The molecule has 2 unspecified atom stereocenters. The van der Waals surface area contributed by atoms with Crippen LogP contribution in [0.5, 0.6) is 0 Å². The van der Waals surface area contributed by atoms with E-state index < -0.39 is 24.3 Å². The third-order valence-electron chi connectivity index (χ3n) is 10.7. The molecule has 0 aromatic heterocycles. The number of hydrogen-bond acceptors (Lipinski definition) is 7. The third-order valence-corrected chi connectivity index (χ3v) is 10.7. The van der Waals surface area contributed by atoms with E-state index in [1.165, 1.54) is 64.2 Å². The van der Waals surface area contributed by atoms with E-state index in [0.29, 0.717) is 17.4 Å². The van der Waals surface area contributed by atoms with Crippen molar-refractivity contribution in [2.75, 3.05) is 47.5 Å². The molecule has 390 valence electrons. The lowest BCUT2D eigenvalue weighted by molar-refractivity contribution is -0.870. The van der Waals surface area contributed by atoms with Crippen molar-refractivity contribution in [2.24, 2.45) is 0 Å². The number of unbranched alkanes of at least 4 members (excludes halogenated alkanes) is 12. The van der Waals surface area contributed by atoms with Gasteiger partial charge in [0.05, 0.1) is 34.4 Å². The Hall–Kier alpha value is -4.31. The average molecular weight is 961 g/mol. The van der Waals surface area contributed by atoms with E-state index in [1.54, 1.807) is 0 Å². The van der Waals surface area contributed by atoms with E-state index in [2.05, 4.69) is 123 Å². The van der Waals surface area contributed by atoms with Gasteiger partial charge in [0.1, 0.15) is 13.2 Å². The summed E-state index contributed by atoms with van der Waals surface area (Å²) in [6.45, 7) is 4.54. The molecule has 0 fully saturated rings. The molecule has 0 radical (unpaired) electrons. The lowest BCUT2D eigenvalue weighted by atomic mass is 10.0. The normalized spacial score (nSPS) is 13.8. The maximum atomic E-state index is 12.8. The summed E-state index contributed by atoms with van der Waals surface area (Å²) in [5.41, 5.74) is 0. The third kappa shape index (κ3) is 51.4. The molecule has 0 amide bonds. The van der Waals surface area contributed by atoms with Crippen LogP contribution in [0, 0.1) is 0 Å². The standard InChI is InChI=1S/C60H97NO8/c1-6-8-10-12-14-16-18-20-22-24-26-27-28-29-30-31-33-34-36-38-40-42-44-46-48-50-57(62)67-54-56(55-68-60(59(64)65)66-53-52-61(3,4)5)69-58(63)51-49-47-45-43-41-39-37-35-32-25-23-21-19-17-15-13-11-9-7-2/h8-11,14-17,20-23,26-27,32,35,39,41,45,47,56,60H,6-7,12-13,18-19,24-25,28-31,33-34,36-38,40,42-44,46,48-55H2,1-5H3/p+1/b10-8-,11-9-,16-14-,17-15-,22-20-,23-21-,27-26-,35-32-,41-39-,47-45-. The zero-order chi connectivity index (χ0) is 50.6. The summed E-state index contributed by atoms with van der Waals surface area (Å²) >= 11 is 0. The second-order valence-corrected chi connectivity index (χ2v) is 18.4. The minimum Gasteiger partial charge on any atom is -0.477 e. The van der Waals surface area contributed by atoms with E-state index >= 15 is 0 Å². The van der Waals surface area contributed by atoms with Crippen molar-refractivity contribution in [1.82, 2.24) is 0 Å². The number of rotatable bonds is 47. The van der Waals surface area contributed by atoms with Crippen LogP contribution in [0.1, 0.15) is 181 Å². The number of carboxylic acid groups (broad SMARTS) is 1. The number of carboxylic acids is 1. The van der Waals surface area contributed by atoms with Gasteiger partial charge >= 0.3 is 17.9 Å². The minimum atomic E-state index is -1.54. The fourth-order valence-electron chi connectivity index (χ4n) is 6.68. The highest BCUT2D eigenvalue weighted by atomic mass is 16.7. The van der Waals surface area contributed by atoms with Crippen molar-refractivity contribution < 1.29 is 42.9 Å². The van der Waals surface area contributed by atoms with E-state index in [4.69, 9.17) is 18.9 Å². The quantitative estimate of drug-likeness (QED) is 0.0211. The van der Waals surface area contributed by atoms with Gasteiger partial charge in [0.25, 0.3) is 6.29 Å². The second kappa shape index (κ2) is 50.1. The maximum absolute atomic E-state index is 12.8. The molecule has 9 heteroatoms. The van der Waals surface area contributed by atoms with Gasteiger partial charge in [0, 0.05) is 12.8 Å². The summed E-state index contributed by atoms with van der Waals surface area (Å²) in [6, 6.07) is 0. The van der Waals surface area contributed by atoms with Crippen LogP contribution >= 0.6 is 0 Å². The number of likely N-dealkylation sites (N-methyl/N-ethyl adjacent to an activating group) is 1. The van der Waals surface area contributed by atoms with E-state index in [1.807, 2.05) is 33.3 Å². The molecule has 0 rings (SSSR count). The highest BCUT2D eigenvalue weighted by Gasteiger charge is 2.25. The van der Waals surface area contributed by atoms with Gasteiger partial charge in [-0.3, -0.25) is 9.59 Å². The van der Waals surface area contributed by atoms with Crippen LogP contribution in [0.2, 0.25) is 0 Å². The van der Waals surface area contributed by atoms with E-state index in [0.717, 1.165) is 83.5 Å². The summed E-state index contributed by atoms with van der Waals surface area (Å²) in [5, 5.41) is 9.68. The summed E-state index contributed by atoms with van der Waals surface area (Å²) in [7, 11) is 5.93. The van der Waals surface area contributed by atoms with Gasteiger partial charge in [0.15, 0.2) is 6.10 Å². The lowest BCUT2D eigenvalue weighted by Gasteiger charge is -2.25. The molecule has 69 heavy (non-hydrogen) atoms. The van der Waals surface area contributed by atoms with E-state index in [-0.39, 0.29) is 38.6 Å². The number of carbonyl (C=O) groups excluding carboxylic acids is 2. The largest absolute Gasteiger partial charge is 0.477 e. The summed E-state index contributed by atoms with van der Waals surface area (Å²) < 4.78 is 22.7. The van der Waals surface area contributed by atoms with Gasteiger partial charge in [-0.25, -0.2) is 4.79 Å². The van der Waals surface area contributed by atoms with Crippen molar-refractivity contribution >= 4 is 17.9 Å². The highest BCUT2D eigenvalue weighted by Crippen LogP contribution is 2.14. The van der Waals surface area contributed by atoms with Crippen LogP contribution < -0.4 is 0 Å². The molecule has 0 saturated carbocycles. The van der Waals surface area contributed by atoms with Crippen LogP contribution in [0.3, 0.4) is 0 Å². The molecule has 0 saturated heterocycles. The lowest BCUT2D eigenvalue weighted by Crippen LogP contribution is -2.40. The predicted molar refractivity (Wildman–Crippen MR) is 290 cm³/mol. The van der Waals surface area contributed by atoms with Crippen LogP contribution in [0.4, 0.5) is 0 Å². The molecule has 0 aromatic carbocycles. The Morgan fingerprint density at radius 3 is 1.22 bits per heavy atom. The van der Waals surface area contributed by atoms with Crippen LogP contribution in [0.25, 0.3) is 0 Å². The summed E-state index contributed by atoms with van der Waals surface area (Å²) in [6.07, 6.45) is 67.1. The first-order valence-electron chi connectivity index (χ1n) is 26.7. The molecule has 0 spiro atoms. The number of allylic oxidation sites excluding steroid dienone is 20. The molecule has 1 N–H and O–H groups in total. The second-order valence-electron chi connectivity index (χ2n) is 18.4. The maximum Gasteiger partial charge on any atom is 0.361 e. The molecular formula is C60H98NO8+. The van der Waals surface area contributed by atoms with Gasteiger partial charge < -0.3 is 28.5 Å². The van der Waals surface area contributed by atoms with Crippen LogP contribution in [-0.2, 0) is 33.3 Å². The van der Waals surface area contributed by atoms with Gasteiger partial charge in [-0.15, -0.1) is 0 Å². The molecule has 0 bridgehead atoms. The van der Waals surface area contributed by atoms with Crippen molar-refractivity contribution in [3.63, 3.8) is 0 Å². The monoisotopic (exact) mass is 961 g/mol. The summed E-state index contributed by atoms with van der Waals surface area (Å²) in [4.78, 5) is 37.3. The number of esters is 2. The van der Waals surface area contributed by atoms with Gasteiger partial charge in [-0.2, -0.15) is 0 Å². The van der Waals surface area contributed by atoms with Crippen molar-refractivity contribution in [3.8, 4) is 0 Å². The molecule has 0 aliphatic carbocycles. The van der Waals surface area contributed by atoms with Crippen molar-refractivity contribution in [1.29, 1.82) is 0 Å². The number of hydrogen-bond donors (Lipinski definition) is 1. The summed E-state index contributed by atoms with van der Waals surface area (Å²) in [5.74, 6) is -2.14.